The lowest BCUT2D eigenvalue weighted by Gasteiger charge is -2.22. The molecule has 0 aromatic heterocycles. The van der Waals surface area contributed by atoms with Crippen LogP contribution in [0.2, 0.25) is 0 Å². The number of nitrogens with zero attached hydrogens (tertiary/aromatic N) is 1. The van der Waals surface area contributed by atoms with E-state index in [1.807, 2.05) is 4.90 Å². The second kappa shape index (κ2) is 2.87. The molecule has 1 aromatic rings. The van der Waals surface area contributed by atoms with Crippen LogP contribution in [0.5, 0.6) is 0 Å². The SMILES string of the molecule is [CH2]CN1CCCNc2c1c(=O)c2=O. The van der Waals surface area contributed by atoms with Crippen LogP contribution in [0.3, 0.4) is 0 Å². The Morgan fingerprint density at radius 2 is 2.15 bits per heavy atom. The lowest BCUT2D eigenvalue weighted by Crippen LogP contribution is -2.41. The predicted octanol–water partition coefficient (Wildman–Crippen LogP) is -0.261. The van der Waals surface area contributed by atoms with E-state index in [0.717, 1.165) is 19.5 Å². The molecule has 0 bridgehead atoms. The minimum absolute atomic E-state index is 0.368. The third-order valence-electron chi connectivity index (χ3n) is 2.38. The summed E-state index contributed by atoms with van der Waals surface area (Å²) >= 11 is 0. The van der Waals surface area contributed by atoms with E-state index in [1.165, 1.54) is 0 Å². The Hall–Kier alpha value is -1.32. The molecule has 0 unspecified atom stereocenters. The van der Waals surface area contributed by atoms with Crippen LogP contribution in [-0.4, -0.2) is 19.6 Å². The number of hydrogen-bond acceptors (Lipinski definition) is 4. The summed E-state index contributed by atoms with van der Waals surface area (Å²) in [6, 6.07) is 0. The summed E-state index contributed by atoms with van der Waals surface area (Å²) in [6.07, 6.45) is 0.934. The van der Waals surface area contributed by atoms with E-state index >= 15 is 0 Å². The van der Waals surface area contributed by atoms with Crippen LogP contribution in [0.1, 0.15) is 6.42 Å². The first-order valence-corrected chi connectivity index (χ1v) is 4.37. The summed E-state index contributed by atoms with van der Waals surface area (Å²) in [5.74, 6) is 0. The van der Waals surface area contributed by atoms with Gasteiger partial charge in [0, 0.05) is 19.6 Å². The van der Waals surface area contributed by atoms with E-state index in [1.54, 1.807) is 0 Å². The fraction of sp³-hybridized carbons (Fsp3) is 0.444. The molecule has 1 N–H and O–H groups in total. The Balaban J connectivity index is 2.44. The molecule has 0 atom stereocenters. The maximum absolute atomic E-state index is 11.2. The molecule has 1 aromatic carbocycles. The molecule has 1 aliphatic heterocycles. The Bertz CT molecular complexity index is 390. The van der Waals surface area contributed by atoms with Crippen LogP contribution in [-0.2, 0) is 0 Å². The largest absolute Gasteiger partial charge is 0.380 e. The van der Waals surface area contributed by atoms with Gasteiger partial charge in [-0.1, -0.05) is 0 Å². The quantitative estimate of drug-likeness (QED) is 0.603. The average Bonchev–Trinajstić information content (AvgIpc) is 2.36. The van der Waals surface area contributed by atoms with E-state index in [0.29, 0.717) is 17.9 Å². The van der Waals surface area contributed by atoms with Gasteiger partial charge in [-0.05, 0) is 13.3 Å². The van der Waals surface area contributed by atoms with Gasteiger partial charge in [0.1, 0.15) is 11.4 Å². The van der Waals surface area contributed by atoms with Crippen molar-refractivity contribution in [1.29, 1.82) is 0 Å². The van der Waals surface area contributed by atoms with Crippen LogP contribution < -0.4 is 21.1 Å². The fourth-order valence-electron chi connectivity index (χ4n) is 1.66. The number of fused-ring (bicyclic) bond motifs is 1. The molecule has 0 amide bonds. The van der Waals surface area contributed by atoms with Crippen molar-refractivity contribution in [3.63, 3.8) is 0 Å². The van der Waals surface area contributed by atoms with Crippen molar-refractivity contribution in [1.82, 2.24) is 0 Å². The Morgan fingerprint density at radius 1 is 1.38 bits per heavy atom. The minimum Gasteiger partial charge on any atom is -0.380 e. The van der Waals surface area contributed by atoms with Gasteiger partial charge in [0.25, 0.3) is 10.9 Å². The summed E-state index contributed by atoms with van der Waals surface area (Å²) in [7, 11) is 0. The number of rotatable bonds is 1. The van der Waals surface area contributed by atoms with Crippen molar-refractivity contribution in [3.8, 4) is 0 Å². The second-order valence-electron chi connectivity index (χ2n) is 3.15. The fourth-order valence-corrected chi connectivity index (χ4v) is 1.66. The number of hydrogen-bond donors (Lipinski definition) is 1. The molecule has 69 valence electrons. The first-order valence-electron chi connectivity index (χ1n) is 4.37. The Labute approximate surface area is 75.9 Å². The van der Waals surface area contributed by atoms with Gasteiger partial charge in [0.15, 0.2) is 0 Å². The van der Waals surface area contributed by atoms with Gasteiger partial charge in [0.2, 0.25) is 0 Å². The summed E-state index contributed by atoms with van der Waals surface area (Å²) < 4.78 is 0. The zero-order valence-corrected chi connectivity index (χ0v) is 7.30. The topological polar surface area (TPSA) is 49.4 Å². The number of anilines is 2. The predicted molar refractivity (Wildman–Crippen MR) is 52.0 cm³/mol. The first-order chi connectivity index (χ1) is 6.25. The smallest absolute Gasteiger partial charge is 0.253 e. The van der Waals surface area contributed by atoms with E-state index in [4.69, 9.17) is 0 Å². The molecule has 0 aliphatic carbocycles. The lowest BCUT2D eigenvalue weighted by atomic mass is 10.2. The minimum atomic E-state index is -0.379. The van der Waals surface area contributed by atoms with Gasteiger partial charge in [-0.15, -0.1) is 0 Å². The summed E-state index contributed by atoms with van der Waals surface area (Å²) in [4.78, 5) is 24.2. The second-order valence-corrected chi connectivity index (χ2v) is 3.15. The highest BCUT2D eigenvalue weighted by atomic mass is 16.2. The molecule has 0 spiro atoms. The van der Waals surface area contributed by atoms with Crippen LogP contribution in [0.25, 0.3) is 0 Å². The van der Waals surface area contributed by atoms with E-state index in [2.05, 4.69) is 12.2 Å². The third-order valence-corrected chi connectivity index (χ3v) is 2.38. The zero-order valence-electron chi connectivity index (χ0n) is 7.30. The van der Waals surface area contributed by atoms with Crippen molar-refractivity contribution in [2.75, 3.05) is 29.9 Å². The van der Waals surface area contributed by atoms with E-state index < -0.39 is 0 Å². The maximum atomic E-state index is 11.2. The monoisotopic (exact) mass is 179 g/mol. The normalized spacial score (nSPS) is 16.5. The molecule has 1 radical (unpaired) electrons. The molecule has 0 fully saturated rings. The van der Waals surface area contributed by atoms with Gasteiger partial charge in [-0.2, -0.15) is 0 Å². The molecule has 1 heterocycles. The third kappa shape index (κ3) is 1.05. The van der Waals surface area contributed by atoms with Crippen LogP contribution in [0, 0.1) is 6.92 Å². The van der Waals surface area contributed by atoms with Crippen molar-refractivity contribution < 1.29 is 0 Å². The maximum Gasteiger partial charge on any atom is 0.253 e. The van der Waals surface area contributed by atoms with E-state index in [9.17, 15) is 9.59 Å². The highest BCUT2D eigenvalue weighted by Crippen LogP contribution is 2.22. The average molecular weight is 179 g/mol. The van der Waals surface area contributed by atoms with Crippen molar-refractivity contribution in [3.05, 3.63) is 27.4 Å². The van der Waals surface area contributed by atoms with Crippen molar-refractivity contribution in [2.24, 2.45) is 0 Å². The Kier molecular flexibility index (Phi) is 1.83. The van der Waals surface area contributed by atoms with Crippen LogP contribution in [0.15, 0.2) is 9.59 Å². The van der Waals surface area contributed by atoms with Gasteiger partial charge in [0.05, 0.1) is 0 Å². The van der Waals surface area contributed by atoms with E-state index in [-0.39, 0.29) is 10.9 Å². The molecular formula is C9H11N2O2. The molecule has 2 rings (SSSR count). The summed E-state index contributed by atoms with van der Waals surface area (Å²) in [6.45, 7) is 5.83. The molecular weight excluding hydrogens is 168 g/mol. The number of nitrogens with one attached hydrogen (secondary N) is 1. The Morgan fingerprint density at radius 3 is 2.85 bits per heavy atom. The summed E-state index contributed by atoms with van der Waals surface area (Å²) in [5.41, 5.74) is 0.284. The molecule has 0 saturated heterocycles. The van der Waals surface area contributed by atoms with Gasteiger partial charge in [-0.3, -0.25) is 9.59 Å². The molecule has 1 aliphatic rings. The van der Waals surface area contributed by atoms with Gasteiger partial charge in [-0.25, -0.2) is 0 Å². The highest BCUT2D eigenvalue weighted by Gasteiger charge is 2.26. The molecule has 13 heavy (non-hydrogen) atoms. The van der Waals surface area contributed by atoms with Gasteiger partial charge >= 0.3 is 0 Å². The first kappa shape index (κ1) is 8.29. The van der Waals surface area contributed by atoms with Crippen molar-refractivity contribution in [2.45, 2.75) is 6.42 Å². The van der Waals surface area contributed by atoms with Crippen LogP contribution >= 0.6 is 0 Å². The molecule has 4 nitrogen and oxygen atoms in total. The molecule has 4 heteroatoms. The van der Waals surface area contributed by atoms with Crippen molar-refractivity contribution >= 4 is 11.4 Å². The standard InChI is InChI=1S/C9H11N2O2/c1-2-11-5-3-4-10-6-7(11)9(13)8(6)12/h10H,1-5H2. The summed E-state index contributed by atoms with van der Waals surface area (Å²) in [5, 5.41) is 2.97. The zero-order chi connectivity index (χ0) is 9.42. The molecule has 0 saturated carbocycles. The van der Waals surface area contributed by atoms with Gasteiger partial charge < -0.3 is 10.2 Å². The van der Waals surface area contributed by atoms with Crippen LogP contribution in [0.4, 0.5) is 11.4 Å². The highest BCUT2D eigenvalue weighted by molar-refractivity contribution is 5.75. The lowest BCUT2D eigenvalue weighted by molar-refractivity contribution is 0.804.